The number of carbonyl (C=O) groups excluding carboxylic acids is 1. The number of carboxylic acids is 1. The Morgan fingerprint density at radius 1 is 1.42 bits per heavy atom. The minimum absolute atomic E-state index is 0.0254. The molecule has 0 saturated heterocycles. The number of hydrogen-bond acceptors (Lipinski definition) is 3. The second kappa shape index (κ2) is 6.56. The van der Waals surface area contributed by atoms with E-state index in [0.29, 0.717) is 11.3 Å². The number of hydrogen-bond donors (Lipinski definition) is 3. The quantitative estimate of drug-likeness (QED) is 0.747. The number of carbonyl (C=O) groups is 2. The highest BCUT2D eigenvalue weighted by molar-refractivity contribution is 9.10. The Bertz CT molecular complexity index is 489. The van der Waals surface area contributed by atoms with Gasteiger partial charge in [0.25, 0.3) is 5.91 Å². The van der Waals surface area contributed by atoms with E-state index in [4.69, 9.17) is 10.8 Å². The molecule has 0 aliphatic heterocycles. The van der Waals surface area contributed by atoms with Crippen LogP contribution in [-0.4, -0.2) is 23.0 Å². The average Bonchev–Trinajstić information content (AvgIpc) is 2.26. The molecule has 1 aromatic carbocycles. The van der Waals surface area contributed by atoms with Crippen molar-refractivity contribution in [2.45, 2.75) is 26.3 Å². The SMILES string of the molecule is CC(C)C(CC(=O)O)Nc1cc(Br)ccc1C(N)=O. The number of carboxylic acid groups (broad SMARTS) is 1. The van der Waals surface area contributed by atoms with Gasteiger partial charge in [0.2, 0.25) is 0 Å². The van der Waals surface area contributed by atoms with E-state index in [-0.39, 0.29) is 18.4 Å². The molecule has 4 N–H and O–H groups in total. The van der Waals surface area contributed by atoms with Crippen molar-refractivity contribution >= 4 is 33.5 Å². The van der Waals surface area contributed by atoms with Gasteiger partial charge < -0.3 is 16.2 Å². The summed E-state index contributed by atoms with van der Waals surface area (Å²) in [6.07, 6.45) is -0.0254. The molecule has 0 aromatic heterocycles. The maximum Gasteiger partial charge on any atom is 0.305 e. The summed E-state index contributed by atoms with van der Waals surface area (Å²) >= 11 is 3.31. The third-order valence-corrected chi connectivity index (χ3v) is 3.28. The highest BCUT2D eigenvalue weighted by atomic mass is 79.9. The van der Waals surface area contributed by atoms with Crippen LogP contribution in [-0.2, 0) is 4.79 Å². The molecule has 1 amide bonds. The number of benzene rings is 1. The molecular weight excluding hydrogens is 312 g/mol. The lowest BCUT2D eigenvalue weighted by atomic mass is 10.00. The van der Waals surface area contributed by atoms with Crippen molar-refractivity contribution in [2.75, 3.05) is 5.32 Å². The van der Waals surface area contributed by atoms with E-state index in [1.807, 2.05) is 13.8 Å². The Kier molecular flexibility index (Phi) is 5.35. The molecule has 0 aliphatic rings. The van der Waals surface area contributed by atoms with Crippen molar-refractivity contribution in [2.24, 2.45) is 11.7 Å². The normalized spacial score (nSPS) is 12.2. The van der Waals surface area contributed by atoms with Crippen LogP contribution in [0.1, 0.15) is 30.6 Å². The van der Waals surface area contributed by atoms with Gasteiger partial charge in [0, 0.05) is 16.2 Å². The fourth-order valence-electron chi connectivity index (χ4n) is 1.69. The molecular formula is C13H17BrN2O3. The minimum Gasteiger partial charge on any atom is -0.481 e. The van der Waals surface area contributed by atoms with Gasteiger partial charge in [-0.2, -0.15) is 0 Å². The molecule has 5 nitrogen and oxygen atoms in total. The Balaban J connectivity index is 3.04. The van der Waals surface area contributed by atoms with Crippen molar-refractivity contribution in [3.05, 3.63) is 28.2 Å². The lowest BCUT2D eigenvalue weighted by Gasteiger charge is -2.23. The fourth-order valence-corrected chi connectivity index (χ4v) is 2.05. The van der Waals surface area contributed by atoms with Gasteiger partial charge in [0.05, 0.1) is 12.0 Å². The summed E-state index contributed by atoms with van der Waals surface area (Å²) in [5.74, 6) is -1.33. The molecule has 1 rings (SSSR count). The zero-order valence-corrected chi connectivity index (χ0v) is 12.4. The van der Waals surface area contributed by atoms with E-state index in [9.17, 15) is 9.59 Å². The van der Waals surface area contributed by atoms with E-state index in [0.717, 1.165) is 4.47 Å². The van der Waals surface area contributed by atoms with Crippen LogP contribution < -0.4 is 11.1 Å². The van der Waals surface area contributed by atoms with Crippen molar-refractivity contribution in [3.8, 4) is 0 Å². The summed E-state index contributed by atoms with van der Waals surface area (Å²) in [6.45, 7) is 3.84. The number of aliphatic carboxylic acids is 1. The first-order chi connectivity index (χ1) is 8.81. The number of amides is 1. The molecule has 0 heterocycles. The summed E-state index contributed by atoms with van der Waals surface area (Å²) in [6, 6.07) is 4.77. The first-order valence-electron chi connectivity index (χ1n) is 5.89. The Morgan fingerprint density at radius 2 is 2.05 bits per heavy atom. The lowest BCUT2D eigenvalue weighted by molar-refractivity contribution is -0.137. The van der Waals surface area contributed by atoms with Crippen LogP contribution in [0.5, 0.6) is 0 Å². The standard InChI is InChI=1S/C13H17BrN2O3/c1-7(2)10(6-12(17)18)16-11-5-8(14)3-4-9(11)13(15)19/h3-5,7,10,16H,6H2,1-2H3,(H2,15,19)(H,17,18). The Hall–Kier alpha value is -1.56. The van der Waals surface area contributed by atoms with Crippen molar-refractivity contribution in [1.29, 1.82) is 0 Å². The number of primary amides is 1. The van der Waals surface area contributed by atoms with Gasteiger partial charge in [-0.25, -0.2) is 0 Å². The van der Waals surface area contributed by atoms with E-state index in [1.54, 1.807) is 18.2 Å². The first kappa shape index (κ1) is 15.5. The lowest BCUT2D eigenvalue weighted by Crippen LogP contribution is -2.29. The van der Waals surface area contributed by atoms with Gasteiger partial charge >= 0.3 is 5.97 Å². The number of nitrogens with two attached hydrogens (primary N) is 1. The maximum absolute atomic E-state index is 11.4. The molecule has 0 saturated carbocycles. The van der Waals surface area contributed by atoms with Crippen LogP contribution in [0.25, 0.3) is 0 Å². The van der Waals surface area contributed by atoms with Crippen LogP contribution in [0.15, 0.2) is 22.7 Å². The molecule has 1 unspecified atom stereocenters. The van der Waals surface area contributed by atoms with Crippen LogP contribution >= 0.6 is 15.9 Å². The van der Waals surface area contributed by atoms with Gasteiger partial charge in [-0.1, -0.05) is 29.8 Å². The predicted octanol–water partition coefficient (Wildman–Crippen LogP) is 2.46. The molecule has 0 bridgehead atoms. The number of rotatable bonds is 6. The third-order valence-electron chi connectivity index (χ3n) is 2.79. The highest BCUT2D eigenvalue weighted by Gasteiger charge is 2.19. The molecule has 0 spiro atoms. The number of anilines is 1. The van der Waals surface area contributed by atoms with E-state index < -0.39 is 11.9 Å². The summed E-state index contributed by atoms with van der Waals surface area (Å²) in [4.78, 5) is 22.2. The van der Waals surface area contributed by atoms with E-state index in [1.165, 1.54) is 0 Å². The molecule has 0 aliphatic carbocycles. The summed E-state index contributed by atoms with van der Waals surface area (Å²) < 4.78 is 0.790. The molecule has 6 heteroatoms. The Labute approximate surface area is 120 Å². The number of nitrogens with one attached hydrogen (secondary N) is 1. The summed E-state index contributed by atoms with van der Waals surface area (Å²) in [7, 11) is 0. The van der Waals surface area contributed by atoms with Crippen molar-refractivity contribution < 1.29 is 14.7 Å². The van der Waals surface area contributed by atoms with Crippen molar-refractivity contribution in [3.63, 3.8) is 0 Å². The third kappa shape index (κ3) is 4.55. The number of halogens is 1. The Morgan fingerprint density at radius 3 is 2.53 bits per heavy atom. The molecule has 104 valence electrons. The second-order valence-corrected chi connectivity index (χ2v) is 5.56. The monoisotopic (exact) mass is 328 g/mol. The van der Waals surface area contributed by atoms with Crippen LogP contribution in [0.2, 0.25) is 0 Å². The highest BCUT2D eigenvalue weighted by Crippen LogP contribution is 2.24. The van der Waals surface area contributed by atoms with Crippen molar-refractivity contribution in [1.82, 2.24) is 0 Å². The summed E-state index contributed by atoms with van der Waals surface area (Å²) in [5, 5.41) is 12.0. The molecule has 1 atom stereocenters. The van der Waals surface area contributed by atoms with Gasteiger partial charge in [0.15, 0.2) is 0 Å². The zero-order valence-electron chi connectivity index (χ0n) is 10.8. The van der Waals surface area contributed by atoms with E-state index >= 15 is 0 Å². The van der Waals surface area contributed by atoms with Gasteiger partial charge in [-0.15, -0.1) is 0 Å². The van der Waals surface area contributed by atoms with Gasteiger partial charge in [-0.3, -0.25) is 9.59 Å². The van der Waals surface area contributed by atoms with Gasteiger partial charge in [-0.05, 0) is 24.1 Å². The molecule has 19 heavy (non-hydrogen) atoms. The minimum atomic E-state index is -0.887. The smallest absolute Gasteiger partial charge is 0.305 e. The first-order valence-corrected chi connectivity index (χ1v) is 6.68. The average molecular weight is 329 g/mol. The molecule has 1 aromatic rings. The van der Waals surface area contributed by atoms with Gasteiger partial charge in [0.1, 0.15) is 0 Å². The van der Waals surface area contributed by atoms with Crippen LogP contribution in [0.4, 0.5) is 5.69 Å². The zero-order chi connectivity index (χ0) is 14.6. The molecule has 0 fully saturated rings. The van der Waals surface area contributed by atoms with E-state index in [2.05, 4.69) is 21.2 Å². The predicted molar refractivity (Wildman–Crippen MR) is 77.2 cm³/mol. The molecule has 0 radical (unpaired) electrons. The topological polar surface area (TPSA) is 92.4 Å². The van der Waals surface area contributed by atoms with Crippen LogP contribution in [0, 0.1) is 5.92 Å². The van der Waals surface area contributed by atoms with Crippen LogP contribution in [0.3, 0.4) is 0 Å². The largest absolute Gasteiger partial charge is 0.481 e. The summed E-state index contributed by atoms with van der Waals surface area (Å²) in [5.41, 5.74) is 6.20. The fraction of sp³-hybridized carbons (Fsp3) is 0.385. The maximum atomic E-state index is 11.4. The second-order valence-electron chi connectivity index (χ2n) is 4.65.